The minimum absolute atomic E-state index is 0.0386. The van der Waals surface area contributed by atoms with E-state index in [-0.39, 0.29) is 11.8 Å². The van der Waals surface area contributed by atoms with Crippen LogP contribution in [0.1, 0.15) is 49.0 Å². The Morgan fingerprint density at radius 1 is 0.903 bits per heavy atom. The highest BCUT2D eigenvalue weighted by atomic mass is 16.5. The van der Waals surface area contributed by atoms with Gasteiger partial charge in [-0.2, -0.15) is 0 Å². The predicted octanol–water partition coefficient (Wildman–Crippen LogP) is 3.96. The second kappa shape index (κ2) is 10.3. The predicted molar refractivity (Wildman–Crippen MR) is 121 cm³/mol. The van der Waals surface area contributed by atoms with Crippen molar-refractivity contribution in [3.63, 3.8) is 0 Å². The van der Waals surface area contributed by atoms with Crippen LogP contribution in [0.5, 0.6) is 11.5 Å². The summed E-state index contributed by atoms with van der Waals surface area (Å²) in [6.07, 6.45) is 0.150. The molecule has 31 heavy (non-hydrogen) atoms. The smallest absolute Gasteiger partial charge is 0.263 e. The molecule has 2 aromatic carbocycles. The molecule has 0 aliphatic carbocycles. The number of methoxy groups -OCH3 is 1. The van der Waals surface area contributed by atoms with Gasteiger partial charge < -0.3 is 19.3 Å². The van der Waals surface area contributed by atoms with Gasteiger partial charge in [-0.05, 0) is 49.1 Å². The van der Waals surface area contributed by atoms with E-state index >= 15 is 0 Å². The normalized spacial score (nSPS) is 15.4. The van der Waals surface area contributed by atoms with Crippen LogP contribution in [0.15, 0.2) is 48.5 Å². The molecule has 2 amide bonds. The molecular formula is C25H32N2O4. The van der Waals surface area contributed by atoms with E-state index in [4.69, 9.17) is 9.47 Å². The number of amides is 2. The van der Waals surface area contributed by atoms with Crippen molar-refractivity contribution < 1.29 is 19.1 Å². The molecule has 3 rings (SSSR count). The molecule has 1 unspecified atom stereocenters. The van der Waals surface area contributed by atoms with Crippen molar-refractivity contribution in [2.24, 2.45) is 0 Å². The Balaban J connectivity index is 1.62. The molecular weight excluding hydrogens is 392 g/mol. The van der Waals surface area contributed by atoms with Gasteiger partial charge in [0.05, 0.1) is 7.11 Å². The molecule has 2 aromatic rings. The number of para-hydroxylation sites is 1. The molecule has 1 aliphatic rings. The van der Waals surface area contributed by atoms with Crippen LogP contribution in [0.2, 0.25) is 0 Å². The molecule has 1 saturated heterocycles. The van der Waals surface area contributed by atoms with Crippen LogP contribution in [0.4, 0.5) is 0 Å². The van der Waals surface area contributed by atoms with E-state index in [1.165, 1.54) is 0 Å². The molecule has 6 nitrogen and oxygen atoms in total. The Labute approximate surface area is 184 Å². The summed E-state index contributed by atoms with van der Waals surface area (Å²) >= 11 is 0. The fourth-order valence-corrected chi connectivity index (χ4v) is 3.84. The van der Waals surface area contributed by atoms with Gasteiger partial charge in [-0.1, -0.05) is 38.1 Å². The van der Waals surface area contributed by atoms with Crippen LogP contribution in [0.25, 0.3) is 0 Å². The number of carbonyl (C=O) groups is 2. The van der Waals surface area contributed by atoms with Gasteiger partial charge >= 0.3 is 0 Å². The molecule has 0 saturated carbocycles. The van der Waals surface area contributed by atoms with Crippen molar-refractivity contribution in [1.82, 2.24) is 9.80 Å². The molecule has 0 bridgehead atoms. The third-order valence-electron chi connectivity index (χ3n) is 5.60. The standard InChI is InChI=1S/C25H32N2O4/c1-18(2)22-11-5-6-12-23(22)31-19(3)24(28)26-13-8-14-27(16-15-26)25(29)20-9-7-10-21(17-20)30-4/h5-7,9-12,17-19H,8,13-16H2,1-4H3. The van der Waals surface area contributed by atoms with Crippen molar-refractivity contribution in [2.45, 2.75) is 39.2 Å². The lowest BCUT2D eigenvalue weighted by atomic mass is 10.0. The zero-order valence-corrected chi connectivity index (χ0v) is 18.8. The fraction of sp³-hybridized carbons (Fsp3) is 0.440. The van der Waals surface area contributed by atoms with Gasteiger partial charge in [0.25, 0.3) is 11.8 Å². The van der Waals surface area contributed by atoms with E-state index in [9.17, 15) is 9.59 Å². The number of nitrogens with zero attached hydrogens (tertiary/aromatic N) is 2. The largest absolute Gasteiger partial charge is 0.497 e. The average molecular weight is 425 g/mol. The van der Waals surface area contributed by atoms with Gasteiger partial charge in [0.2, 0.25) is 0 Å². The lowest BCUT2D eigenvalue weighted by Crippen LogP contribution is -2.43. The van der Waals surface area contributed by atoms with Gasteiger partial charge in [0, 0.05) is 31.7 Å². The number of ether oxygens (including phenoxy) is 2. The van der Waals surface area contributed by atoms with Gasteiger partial charge in [0.15, 0.2) is 6.10 Å². The number of rotatable bonds is 6. The van der Waals surface area contributed by atoms with E-state index in [1.54, 1.807) is 26.2 Å². The summed E-state index contributed by atoms with van der Waals surface area (Å²) in [5, 5.41) is 0. The zero-order chi connectivity index (χ0) is 22.4. The van der Waals surface area contributed by atoms with Crippen molar-refractivity contribution in [1.29, 1.82) is 0 Å². The van der Waals surface area contributed by atoms with Crippen LogP contribution in [0, 0.1) is 0 Å². The number of carbonyl (C=O) groups excluding carboxylic acids is 2. The van der Waals surface area contributed by atoms with Crippen molar-refractivity contribution in [3.05, 3.63) is 59.7 Å². The molecule has 0 spiro atoms. The summed E-state index contributed by atoms with van der Waals surface area (Å²) in [5.74, 6) is 1.64. The Hall–Kier alpha value is -3.02. The number of hydrogen-bond donors (Lipinski definition) is 0. The topological polar surface area (TPSA) is 59.1 Å². The maximum Gasteiger partial charge on any atom is 0.263 e. The monoisotopic (exact) mass is 424 g/mol. The number of hydrogen-bond acceptors (Lipinski definition) is 4. The molecule has 0 aromatic heterocycles. The van der Waals surface area contributed by atoms with Crippen LogP contribution >= 0.6 is 0 Å². The summed E-state index contributed by atoms with van der Waals surface area (Å²) in [6.45, 7) is 8.23. The Bertz CT molecular complexity index is 912. The van der Waals surface area contributed by atoms with E-state index < -0.39 is 6.10 Å². The van der Waals surface area contributed by atoms with E-state index in [1.807, 2.05) is 46.2 Å². The van der Waals surface area contributed by atoms with Crippen molar-refractivity contribution in [3.8, 4) is 11.5 Å². The Morgan fingerprint density at radius 3 is 2.35 bits per heavy atom. The quantitative estimate of drug-likeness (QED) is 0.704. The van der Waals surface area contributed by atoms with Crippen LogP contribution < -0.4 is 9.47 Å². The van der Waals surface area contributed by atoms with Crippen LogP contribution in [-0.4, -0.2) is 61.0 Å². The SMILES string of the molecule is COc1cccc(C(=O)N2CCCN(C(=O)C(C)Oc3ccccc3C(C)C)CC2)c1. The van der Waals surface area contributed by atoms with Gasteiger partial charge in [-0.25, -0.2) is 0 Å². The maximum atomic E-state index is 13.0. The zero-order valence-electron chi connectivity index (χ0n) is 18.8. The van der Waals surface area contributed by atoms with Gasteiger partial charge in [0.1, 0.15) is 11.5 Å². The van der Waals surface area contributed by atoms with E-state index in [2.05, 4.69) is 13.8 Å². The van der Waals surface area contributed by atoms with Crippen molar-refractivity contribution >= 4 is 11.8 Å². The molecule has 166 valence electrons. The third kappa shape index (κ3) is 5.57. The molecule has 6 heteroatoms. The molecule has 0 N–H and O–H groups in total. The second-order valence-corrected chi connectivity index (χ2v) is 8.16. The molecule has 0 radical (unpaired) electrons. The Kier molecular flexibility index (Phi) is 7.55. The molecule has 1 aliphatic heterocycles. The van der Waals surface area contributed by atoms with Crippen molar-refractivity contribution in [2.75, 3.05) is 33.3 Å². The summed E-state index contributed by atoms with van der Waals surface area (Å²) in [5.41, 5.74) is 1.69. The summed E-state index contributed by atoms with van der Waals surface area (Å²) in [4.78, 5) is 29.6. The number of benzene rings is 2. The second-order valence-electron chi connectivity index (χ2n) is 8.16. The summed E-state index contributed by atoms with van der Waals surface area (Å²) < 4.78 is 11.3. The summed E-state index contributed by atoms with van der Waals surface area (Å²) in [6, 6.07) is 15.0. The Morgan fingerprint density at radius 2 is 1.61 bits per heavy atom. The lowest BCUT2D eigenvalue weighted by molar-refractivity contribution is -0.137. The molecule has 1 heterocycles. The van der Waals surface area contributed by atoms with Gasteiger partial charge in [-0.15, -0.1) is 0 Å². The first-order valence-corrected chi connectivity index (χ1v) is 10.9. The first-order chi connectivity index (χ1) is 14.9. The van der Waals surface area contributed by atoms with E-state index in [0.29, 0.717) is 43.4 Å². The molecule has 1 atom stereocenters. The molecule has 1 fully saturated rings. The highest BCUT2D eigenvalue weighted by Crippen LogP contribution is 2.27. The maximum absolute atomic E-state index is 13.0. The minimum Gasteiger partial charge on any atom is -0.497 e. The highest BCUT2D eigenvalue weighted by molar-refractivity contribution is 5.94. The average Bonchev–Trinajstić information content (AvgIpc) is 3.04. The first kappa shape index (κ1) is 22.7. The van der Waals surface area contributed by atoms with Gasteiger partial charge in [-0.3, -0.25) is 9.59 Å². The minimum atomic E-state index is -0.583. The lowest BCUT2D eigenvalue weighted by Gasteiger charge is -2.26. The van der Waals surface area contributed by atoms with Crippen LogP contribution in [-0.2, 0) is 4.79 Å². The van der Waals surface area contributed by atoms with E-state index in [0.717, 1.165) is 17.7 Å². The fourth-order valence-electron chi connectivity index (χ4n) is 3.84. The van der Waals surface area contributed by atoms with Crippen LogP contribution in [0.3, 0.4) is 0 Å². The summed E-state index contributed by atoms with van der Waals surface area (Å²) in [7, 11) is 1.59. The highest BCUT2D eigenvalue weighted by Gasteiger charge is 2.27. The third-order valence-corrected chi connectivity index (χ3v) is 5.60. The first-order valence-electron chi connectivity index (χ1n) is 10.9.